The van der Waals surface area contributed by atoms with Gasteiger partial charge < -0.3 is 19.7 Å². The van der Waals surface area contributed by atoms with E-state index in [0.717, 1.165) is 18.4 Å². The molecule has 0 saturated heterocycles. The maximum absolute atomic E-state index is 11.8. The fourth-order valence-electron chi connectivity index (χ4n) is 3.74. The van der Waals surface area contributed by atoms with Crippen LogP contribution < -0.4 is 9.47 Å². The maximum Gasteiger partial charge on any atom is 0.356 e. The van der Waals surface area contributed by atoms with Gasteiger partial charge in [-0.2, -0.15) is 5.10 Å². The normalized spacial score (nSPS) is 13.2. The van der Waals surface area contributed by atoms with E-state index in [4.69, 9.17) is 9.47 Å². The molecule has 0 aliphatic heterocycles. The minimum atomic E-state index is -1.17. The minimum Gasteiger partial charge on any atom is -0.496 e. The van der Waals surface area contributed by atoms with Crippen LogP contribution in [0.2, 0.25) is 0 Å². The third-order valence-electron chi connectivity index (χ3n) is 5.69. The first-order valence-electron chi connectivity index (χ1n) is 10.8. The molecule has 2 N–H and O–H groups in total. The van der Waals surface area contributed by atoms with Crippen molar-refractivity contribution >= 4 is 11.9 Å². The van der Waals surface area contributed by atoms with Gasteiger partial charge in [-0.3, -0.25) is 0 Å². The van der Waals surface area contributed by atoms with Gasteiger partial charge in [-0.1, -0.05) is 19.9 Å². The van der Waals surface area contributed by atoms with E-state index in [-0.39, 0.29) is 17.2 Å². The lowest BCUT2D eigenvalue weighted by Crippen LogP contribution is -2.09. The zero-order valence-electron chi connectivity index (χ0n) is 18.7. The van der Waals surface area contributed by atoms with Crippen LogP contribution in [0.4, 0.5) is 0 Å². The number of rotatable bonds is 9. The van der Waals surface area contributed by atoms with Crippen LogP contribution in [0.15, 0.2) is 42.5 Å². The Labute approximate surface area is 191 Å². The molecule has 1 aromatic heterocycles. The van der Waals surface area contributed by atoms with Gasteiger partial charge in [0.2, 0.25) is 0 Å². The molecule has 3 aromatic rings. The van der Waals surface area contributed by atoms with Crippen molar-refractivity contribution in [2.75, 3.05) is 13.7 Å². The Kier molecular flexibility index (Phi) is 6.09. The van der Waals surface area contributed by atoms with E-state index < -0.39 is 11.9 Å². The van der Waals surface area contributed by atoms with Crippen molar-refractivity contribution in [1.29, 1.82) is 0 Å². The predicted molar refractivity (Wildman–Crippen MR) is 122 cm³/mol. The van der Waals surface area contributed by atoms with Crippen LogP contribution in [-0.4, -0.2) is 45.6 Å². The summed E-state index contributed by atoms with van der Waals surface area (Å²) in [6.45, 7) is 4.46. The number of hydrogen-bond acceptors (Lipinski definition) is 5. The van der Waals surface area contributed by atoms with Gasteiger partial charge in [0.25, 0.3) is 0 Å². The topological polar surface area (TPSA) is 111 Å². The molecule has 1 aliphatic rings. The summed E-state index contributed by atoms with van der Waals surface area (Å²) in [6, 6.07) is 11.7. The summed E-state index contributed by atoms with van der Waals surface area (Å²) in [4.78, 5) is 23.4. The summed E-state index contributed by atoms with van der Waals surface area (Å²) in [5.41, 5.74) is 2.42. The van der Waals surface area contributed by atoms with Gasteiger partial charge in [0.1, 0.15) is 11.5 Å². The zero-order valence-corrected chi connectivity index (χ0v) is 18.7. The first-order chi connectivity index (χ1) is 15.8. The number of benzene rings is 2. The van der Waals surface area contributed by atoms with Crippen molar-refractivity contribution in [2.45, 2.75) is 32.6 Å². The molecule has 1 aliphatic carbocycles. The van der Waals surface area contributed by atoms with Gasteiger partial charge in [0, 0.05) is 0 Å². The third kappa shape index (κ3) is 4.55. The highest BCUT2D eigenvalue weighted by atomic mass is 16.5. The molecule has 1 fully saturated rings. The monoisotopic (exact) mass is 450 g/mol. The Morgan fingerprint density at radius 2 is 1.82 bits per heavy atom. The molecule has 0 atom stereocenters. The van der Waals surface area contributed by atoms with Crippen molar-refractivity contribution < 1.29 is 29.3 Å². The second kappa shape index (κ2) is 8.97. The Bertz CT molecular complexity index is 1210. The van der Waals surface area contributed by atoms with Gasteiger partial charge in [-0.15, -0.1) is 0 Å². The van der Waals surface area contributed by atoms with Crippen molar-refractivity contribution in [1.82, 2.24) is 9.78 Å². The molecule has 1 saturated carbocycles. The Morgan fingerprint density at radius 3 is 2.42 bits per heavy atom. The molecule has 0 spiro atoms. The molecule has 33 heavy (non-hydrogen) atoms. The van der Waals surface area contributed by atoms with Crippen LogP contribution in [0.25, 0.3) is 16.9 Å². The lowest BCUT2D eigenvalue weighted by molar-refractivity contribution is 0.0682. The van der Waals surface area contributed by atoms with Crippen molar-refractivity contribution in [3.05, 3.63) is 59.3 Å². The van der Waals surface area contributed by atoms with E-state index in [0.29, 0.717) is 41.0 Å². The number of nitrogens with zero attached hydrogens (tertiary/aromatic N) is 2. The van der Waals surface area contributed by atoms with Crippen molar-refractivity contribution in [3.63, 3.8) is 0 Å². The Balaban J connectivity index is 1.94. The lowest BCUT2D eigenvalue weighted by Gasteiger charge is -2.19. The summed E-state index contributed by atoms with van der Waals surface area (Å²) in [7, 11) is 1.55. The third-order valence-corrected chi connectivity index (χ3v) is 5.69. The fourth-order valence-corrected chi connectivity index (χ4v) is 3.74. The molecular formula is C25H26N2O6. The van der Waals surface area contributed by atoms with Crippen LogP contribution in [0.1, 0.15) is 59.0 Å². The van der Waals surface area contributed by atoms with E-state index in [1.165, 1.54) is 16.8 Å². The second-order valence-corrected chi connectivity index (χ2v) is 8.45. The fraction of sp³-hybridized carbons (Fsp3) is 0.320. The lowest BCUT2D eigenvalue weighted by atomic mass is 9.98. The van der Waals surface area contributed by atoms with Gasteiger partial charge in [0.15, 0.2) is 5.69 Å². The zero-order chi connectivity index (χ0) is 23.7. The molecule has 0 bridgehead atoms. The average Bonchev–Trinajstić information content (AvgIpc) is 3.52. The number of carbonyl (C=O) groups is 2. The van der Waals surface area contributed by atoms with Gasteiger partial charge >= 0.3 is 11.9 Å². The number of carboxylic acid groups (broad SMARTS) is 2. The number of aromatic nitrogens is 2. The van der Waals surface area contributed by atoms with Crippen molar-refractivity contribution in [2.24, 2.45) is 5.92 Å². The summed E-state index contributed by atoms with van der Waals surface area (Å²) < 4.78 is 13.2. The maximum atomic E-state index is 11.8. The molecule has 1 heterocycles. The van der Waals surface area contributed by atoms with Gasteiger partial charge in [-0.25, -0.2) is 14.3 Å². The molecule has 172 valence electrons. The van der Waals surface area contributed by atoms with Gasteiger partial charge in [-0.05, 0) is 66.6 Å². The first kappa shape index (κ1) is 22.4. The smallest absolute Gasteiger partial charge is 0.356 e. The Hall–Kier alpha value is -3.81. The quantitative estimate of drug-likeness (QED) is 0.479. The average molecular weight is 450 g/mol. The highest BCUT2D eigenvalue weighted by Crippen LogP contribution is 2.41. The summed E-state index contributed by atoms with van der Waals surface area (Å²) in [5.74, 6) is -0.607. The Morgan fingerprint density at radius 1 is 1.09 bits per heavy atom. The second-order valence-electron chi connectivity index (χ2n) is 8.45. The number of hydrogen-bond donors (Lipinski definition) is 2. The molecule has 0 radical (unpaired) electrons. The molecule has 2 aromatic carbocycles. The van der Waals surface area contributed by atoms with Crippen LogP contribution in [0.3, 0.4) is 0 Å². The summed E-state index contributed by atoms with van der Waals surface area (Å²) >= 11 is 0. The van der Waals surface area contributed by atoms with Crippen molar-refractivity contribution in [3.8, 4) is 28.4 Å². The number of methoxy groups -OCH3 is 1. The summed E-state index contributed by atoms with van der Waals surface area (Å²) in [6.07, 6.45) is 2.27. The summed E-state index contributed by atoms with van der Waals surface area (Å²) in [5, 5.41) is 23.5. The van der Waals surface area contributed by atoms with Crippen LogP contribution >= 0.6 is 0 Å². The first-order valence-corrected chi connectivity index (χ1v) is 10.8. The minimum absolute atomic E-state index is 0.0344. The predicted octanol–water partition coefficient (Wildman–Crippen LogP) is 4.86. The molecule has 0 unspecified atom stereocenters. The van der Waals surface area contributed by atoms with E-state index in [2.05, 4.69) is 5.10 Å². The molecule has 0 amide bonds. The highest BCUT2D eigenvalue weighted by molar-refractivity contribution is 5.90. The van der Waals surface area contributed by atoms with E-state index in [1.807, 2.05) is 26.0 Å². The molecule has 8 nitrogen and oxygen atoms in total. The van der Waals surface area contributed by atoms with E-state index in [9.17, 15) is 19.8 Å². The number of ether oxygens (including phenoxy) is 2. The number of aromatic carboxylic acids is 2. The molecule has 8 heteroatoms. The SMILES string of the molecule is COc1cccc(OCC2CC2)c1-c1cc(C(=O)O)nn1-c1ccc(C(=O)O)cc1C(C)C. The highest BCUT2D eigenvalue weighted by Gasteiger charge is 2.26. The van der Waals surface area contributed by atoms with Gasteiger partial charge in [0.05, 0.1) is 36.2 Å². The molecular weight excluding hydrogens is 424 g/mol. The standard InChI is InChI=1S/C25H26N2O6/c1-14(2)17-11-16(24(28)29)9-10-19(17)27-20(12-18(26-27)25(30)31)23-21(32-3)5-4-6-22(23)33-13-15-7-8-15/h4-6,9-12,14-15H,7-8,13H2,1-3H3,(H,28,29)(H,30,31). The largest absolute Gasteiger partial charge is 0.496 e. The van der Waals surface area contributed by atoms with Crippen LogP contribution in [-0.2, 0) is 0 Å². The van der Waals surface area contributed by atoms with E-state index >= 15 is 0 Å². The number of carboxylic acids is 2. The van der Waals surface area contributed by atoms with Crippen LogP contribution in [0, 0.1) is 5.92 Å². The molecule has 4 rings (SSSR count). The van der Waals surface area contributed by atoms with E-state index in [1.54, 1.807) is 25.3 Å². The van der Waals surface area contributed by atoms with Crippen LogP contribution in [0.5, 0.6) is 11.5 Å².